The molecule has 4 heteroatoms. The Morgan fingerprint density at radius 3 is 2.25 bits per heavy atom. The monoisotopic (exact) mass is 388 g/mol. The fraction of sp³-hybridized carbons (Fsp3) is 0.917. The summed E-state index contributed by atoms with van der Waals surface area (Å²) in [6.07, 6.45) is 13.2. The molecule has 2 aliphatic heterocycles. The van der Waals surface area contributed by atoms with E-state index in [1.54, 1.807) is 0 Å². The second-order valence-corrected chi connectivity index (χ2v) is 10.7. The van der Waals surface area contributed by atoms with E-state index >= 15 is 0 Å². The van der Waals surface area contributed by atoms with Gasteiger partial charge in [0, 0.05) is 24.7 Å². The Morgan fingerprint density at radius 2 is 1.50 bits per heavy atom. The average molecular weight is 389 g/mol. The molecule has 4 aliphatic carbocycles. The normalized spacial score (nSPS) is 51.0. The zero-order chi connectivity index (χ0) is 19.0. The predicted octanol–water partition coefficient (Wildman–Crippen LogP) is 4.68. The van der Waals surface area contributed by atoms with Gasteiger partial charge in [-0.15, -0.1) is 6.58 Å². The standard InChI is InChI=1S/C24H36O4/c1-3-22-10-11-23(25-12-13-26-23)16-17(22)4-5-18-19-7-9-24(27-14-15-28-24)21(19,2)8-6-20(18)22/h3,17-20H,1,4-16H2,2H3/t17-,18+,19?,20+,21+,22+/m1/s1. The number of allylic oxidation sites excluding steroid dienone is 1. The maximum Gasteiger partial charge on any atom is 0.174 e. The minimum Gasteiger partial charge on any atom is -0.348 e. The first-order chi connectivity index (χ1) is 13.6. The first-order valence-corrected chi connectivity index (χ1v) is 11.8. The topological polar surface area (TPSA) is 36.9 Å². The highest BCUT2D eigenvalue weighted by molar-refractivity contribution is 5.17. The number of ether oxygens (including phenoxy) is 4. The van der Waals surface area contributed by atoms with Crippen LogP contribution in [0, 0.1) is 34.5 Å². The van der Waals surface area contributed by atoms with Crippen molar-refractivity contribution in [2.75, 3.05) is 26.4 Å². The second-order valence-electron chi connectivity index (χ2n) is 10.7. The molecule has 0 N–H and O–H groups in total. The number of hydrogen-bond acceptors (Lipinski definition) is 4. The average Bonchev–Trinajstić information content (AvgIpc) is 3.43. The zero-order valence-corrected chi connectivity index (χ0v) is 17.4. The summed E-state index contributed by atoms with van der Waals surface area (Å²) in [6.45, 7) is 9.97. The molecule has 6 rings (SSSR count). The Hall–Kier alpha value is -0.420. The van der Waals surface area contributed by atoms with Crippen LogP contribution in [0.25, 0.3) is 0 Å². The zero-order valence-electron chi connectivity index (χ0n) is 17.4. The van der Waals surface area contributed by atoms with Gasteiger partial charge in [-0.1, -0.05) is 13.0 Å². The van der Waals surface area contributed by atoms with Crippen LogP contribution in [-0.4, -0.2) is 38.0 Å². The molecule has 0 bridgehead atoms. The van der Waals surface area contributed by atoms with Crippen LogP contribution < -0.4 is 0 Å². The van der Waals surface area contributed by atoms with E-state index in [0.29, 0.717) is 5.92 Å². The van der Waals surface area contributed by atoms with E-state index in [9.17, 15) is 0 Å². The molecule has 6 atom stereocenters. The van der Waals surface area contributed by atoms with Crippen molar-refractivity contribution in [1.82, 2.24) is 0 Å². The van der Waals surface area contributed by atoms with Crippen molar-refractivity contribution in [1.29, 1.82) is 0 Å². The summed E-state index contributed by atoms with van der Waals surface area (Å²) >= 11 is 0. The molecule has 4 saturated carbocycles. The van der Waals surface area contributed by atoms with E-state index in [1.807, 2.05) is 0 Å². The third-order valence-corrected chi connectivity index (χ3v) is 10.2. The quantitative estimate of drug-likeness (QED) is 0.611. The maximum absolute atomic E-state index is 6.30. The van der Waals surface area contributed by atoms with Gasteiger partial charge < -0.3 is 18.9 Å². The summed E-state index contributed by atoms with van der Waals surface area (Å²) in [4.78, 5) is 0. The van der Waals surface area contributed by atoms with Crippen molar-refractivity contribution in [3.8, 4) is 0 Å². The van der Waals surface area contributed by atoms with Crippen LogP contribution >= 0.6 is 0 Å². The van der Waals surface area contributed by atoms with Crippen LogP contribution in [0.5, 0.6) is 0 Å². The molecule has 1 unspecified atom stereocenters. The van der Waals surface area contributed by atoms with Crippen molar-refractivity contribution >= 4 is 0 Å². The van der Waals surface area contributed by atoms with E-state index in [-0.39, 0.29) is 22.4 Å². The number of hydrogen-bond donors (Lipinski definition) is 0. The molecule has 2 heterocycles. The molecule has 6 fully saturated rings. The second kappa shape index (κ2) is 6.06. The lowest BCUT2D eigenvalue weighted by molar-refractivity contribution is -0.254. The van der Waals surface area contributed by atoms with E-state index in [0.717, 1.165) is 63.4 Å². The Bertz CT molecular complexity index is 649. The molecule has 156 valence electrons. The van der Waals surface area contributed by atoms with Gasteiger partial charge >= 0.3 is 0 Å². The van der Waals surface area contributed by atoms with Gasteiger partial charge in [0.1, 0.15) is 0 Å². The summed E-state index contributed by atoms with van der Waals surface area (Å²) in [5, 5.41) is 0. The molecule has 2 saturated heterocycles. The van der Waals surface area contributed by atoms with E-state index in [4.69, 9.17) is 18.9 Å². The lowest BCUT2D eigenvalue weighted by Gasteiger charge is -2.62. The molecule has 2 spiro atoms. The SMILES string of the molecule is C=C[C@]12CCC3(C[C@H]1CC[C@H]1C4CCC5(OCCO5)[C@@]4(C)CC[C@@H]12)OCCO3. The molecule has 0 aromatic heterocycles. The first kappa shape index (κ1) is 18.4. The Labute approximate surface area is 169 Å². The van der Waals surface area contributed by atoms with Crippen LogP contribution in [-0.2, 0) is 18.9 Å². The summed E-state index contributed by atoms with van der Waals surface area (Å²) in [6, 6.07) is 0. The van der Waals surface area contributed by atoms with Gasteiger partial charge in [-0.2, -0.15) is 0 Å². The van der Waals surface area contributed by atoms with Gasteiger partial charge in [-0.25, -0.2) is 0 Å². The molecule has 0 aromatic carbocycles. The summed E-state index contributed by atoms with van der Waals surface area (Å²) < 4.78 is 24.8. The first-order valence-electron chi connectivity index (χ1n) is 11.8. The summed E-state index contributed by atoms with van der Waals surface area (Å²) in [7, 11) is 0. The lowest BCUT2D eigenvalue weighted by Crippen LogP contribution is -2.58. The van der Waals surface area contributed by atoms with Crippen LogP contribution in [0.4, 0.5) is 0 Å². The highest BCUT2D eigenvalue weighted by Gasteiger charge is 2.68. The van der Waals surface area contributed by atoms with E-state index < -0.39 is 0 Å². The van der Waals surface area contributed by atoms with Crippen molar-refractivity contribution < 1.29 is 18.9 Å². The number of rotatable bonds is 1. The smallest absolute Gasteiger partial charge is 0.174 e. The van der Waals surface area contributed by atoms with Crippen molar-refractivity contribution in [3.63, 3.8) is 0 Å². The minimum atomic E-state index is -0.289. The molecule has 0 aromatic rings. The van der Waals surface area contributed by atoms with Crippen molar-refractivity contribution in [2.45, 2.75) is 76.3 Å². The molecule has 28 heavy (non-hydrogen) atoms. The third kappa shape index (κ3) is 2.16. The molecule has 4 nitrogen and oxygen atoms in total. The van der Waals surface area contributed by atoms with Gasteiger partial charge in [0.25, 0.3) is 0 Å². The Morgan fingerprint density at radius 1 is 0.786 bits per heavy atom. The predicted molar refractivity (Wildman–Crippen MR) is 106 cm³/mol. The van der Waals surface area contributed by atoms with Crippen molar-refractivity contribution in [3.05, 3.63) is 12.7 Å². The maximum atomic E-state index is 6.30. The van der Waals surface area contributed by atoms with Crippen LogP contribution in [0.15, 0.2) is 12.7 Å². The Balaban J connectivity index is 1.30. The van der Waals surface area contributed by atoms with E-state index in [1.165, 1.54) is 38.5 Å². The molecule has 0 radical (unpaired) electrons. The summed E-state index contributed by atoms with van der Waals surface area (Å²) in [5.41, 5.74) is 0.464. The molecule has 6 aliphatic rings. The fourth-order valence-electron chi connectivity index (χ4n) is 8.95. The minimum absolute atomic E-state index is 0.188. The molecular weight excluding hydrogens is 352 g/mol. The lowest BCUT2D eigenvalue weighted by atomic mass is 9.44. The highest BCUT2D eigenvalue weighted by atomic mass is 16.7. The number of fused-ring (bicyclic) bond motifs is 6. The van der Waals surface area contributed by atoms with E-state index in [2.05, 4.69) is 19.6 Å². The van der Waals surface area contributed by atoms with Crippen LogP contribution in [0.1, 0.15) is 64.7 Å². The van der Waals surface area contributed by atoms with Crippen LogP contribution in [0.2, 0.25) is 0 Å². The van der Waals surface area contributed by atoms with Crippen LogP contribution in [0.3, 0.4) is 0 Å². The van der Waals surface area contributed by atoms with Gasteiger partial charge in [-0.3, -0.25) is 0 Å². The fourth-order valence-corrected chi connectivity index (χ4v) is 8.95. The Kier molecular flexibility index (Phi) is 3.97. The van der Waals surface area contributed by atoms with Gasteiger partial charge in [0.15, 0.2) is 11.6 Å². The van der Waals surface area contributed by atoms with Gasteiger partial charge in [0.2, 0.25) is 0 Å². The van der Waals surface area contributed by atoms with Crippen molar-refractivity contribution in [2.24, 2.45) is 34.5 Å². The third-order valence-electron chi connectivity index (χ3n) is 10.2. The summed E-state index contributed by atoms with van der Waals surface area (Å²) in [5.74, 6) is 2.38. The largest absolute Gasteiger partial charge is 0.348 e. The molecular formula is C24H36O4. The molecule has 0 amide bonds. The van der Waals surface area contributed by atoms with Gasteiger partial charge in [-0.05, 0) is 67.6 Å². The highest BCUT2D eigenvalue weighted by Crippen LogP contribution is 2.70. The van der Waals surface area contributed by atoms with Gasteiger partial charge in [0.05, 0.1) is 26.4 Å².